The van der Waals surface area contributed by atoms with Crippen LogP contribution < -0.4 is 5.32 Å². The summed E-state index contributed by atoms with van der Waals surface area (Å²) in [6.45, 7) is -0.425. The first-order valence-electron chi connectivity index (χ1n) is 5.66. The molecule has 0 saturated heterocycles. The van der Waals surface area contributed by atoms with Crippen LogP contribution in [-0.2, 0) is 9.53 Å². The summed E-state index contributed by atoms with van der Waals surface area (Å²) in [5, 5.41) is 11.6. The van der Waals surface area contributed by atoms with Crippen molar-refractivity contribution in [3.63, 3.8) is 0 Å². The number of nitriles is 1. The molecule has 0 radical (unpaired) electrons. The van der Waals surface area contributed by atoms with Gasteiger partial charge >= 0.3 is 0 Å². The number of ether oxygens (including phenoxy) is 1. The number of nitrogens with zero attached hydrogens (tertiary/aromatic N) is 1. The second-order valence-electron chi connectivity index (χ2n) is 4.12. The molecule has 0 unspecified atom stereocenters. The van der Waals surface area contributed by atoms with Gasteiger partial charge in [0.15, 0.2) is 0 Å². The maximum absolute atomic E-state index is 11.8. The molecule has 0 aromatic heterocycles. The van der Waals surface area contributed by atoms with Gasteiger partial charge in [0.1, 0.15) is 12.0 Å². The quantitative estimate of drug-likeness (QED) is 0.722. The first-order chi connectivity index (χ1) is 8.10. The van der Waals surface area contributed by atoms with E-state index in [1.807, 2.05) is 0 Å². The summed E-state index contributed by atoms with van der Waals surface area (Å²) in [4.78, 5) is 11.8. The van der Waals surface area contributed by atoms with Gasteiger partial charge < -0.3 is 10.1 Å². The molecule has 1 rings (SSSR count). The molecule has 1 fully saturated rings. The number of amides is 1. The Bertz CT molecular complexity index is 296. The Morgan fingerprint density at radius 2 is 2.12 bits per heavy atom. The van der Waals surface area contributed by atoms with Crippen molar-refractivity contribution in [2.75, 3.05) is 19.8 Å². The average molecular weight is 246 g/mol. The lowest BCUT2D eigenvalue weighted by Gasteiger charge is -2.19. The van der Waals surface area contributed by atoms with Gasteiger partial charge in [-0.25, -0.2) is 8.78 Å². The molecular formula is C11H16F2N2O2. The number of carbonyl (C=O) groups is 1. The molecule has 0 heterocycles. The third-order valence-electron chi connectivity index (χ3n) is 2.88. The molecule has 1 amide bonds. The van der Waals surface area contributed by atoms with E-state index in [-0.39, 0.29) is 19.1 Å². The first kappa shape index (κ1) is 13.8. The lowest BCUT2D eigenvalue weighted by atomic mass is 9.87. The van der Waals surface area contributed by atoms with Crippen molar-refractivity contribution in [1.29, 1.82) is 5.26 Å². The number of hydrogen-bond acceptors (Lipinski definition) is 3. The van der Waals surface area contributed by atoms with Crippen molar-refractivity contribution in [3.05, 3.63) is 0 Å². The van der Waals surface area contributed by atoms with Crippen LogP contribution in [0.4, 0.5) is 8.78 Å². The summed E-state index contributed by atoms with van der Waals surface area (Å²) >= 11 is 0. The molecule has 1 saturated carbocycles. The Labute approximate surface area is 98.9 Å². The zero-order valence-corrected chi connectivity index (χ0v) is 9.55. The summed E-state index contributed by atoms with van der Waals surface area (Å²) < 4.78 is 28.1. The van der Waals surface area contributed by atoms with Gasteiger partial charge in [0.05, 0.1) is 12.7 Å². The Balaban J connectivity index is 2.23. The van der Waals surface area contributed by atoms with Crippen molar-refractivity contribution in [1.82, 2.24) is 5.32 Å². The molecular weight excluding hydrogens is 230 g/mol. The highest BCUT2D eigenvalue weighted by atomic mass is 19.3. The van der Waals surface area contributed by atoms with E-state index in [2.05, 4.69) is 16.1 Å². The summed E-state index contributed by atoms with van der Waals surface area (Å²) in [5.41, 5.74) is -0.914. The normalized spacial score (nSPS) is 18.0. The second-order valence-corrected chi connectivity index (χ2v) is 4.12. The van der Waals surface area contributed by atoms with Gasteiger partial charge in [-0.1, -0.05) is 12.8 Å². The molecule has 0 spiro atoms. The second kappa shape index (κ2) is 6.50. The van der Waals surface area contributed by atoms with Crippen molar-refractivity contribution in [2.45, 2.75) is 32.1 Å². The van der Waals surface area contributed by atoms with Crippen molar-refractivity contribution in [3.8, 4) is 6.07 Å². The van der Waals surface area contributed by atoms with Gasteiger partial charge in [-0.15, -0.1) is 0 Å². The van der Waals surface area contributed by atoms with Gasteiger partial charge in [-0.2, -0.15) is 5.26 Å². The number of nitrogens with one attached hydrogen (secondary N) is 1. The van der Waals surface area contributed by atoms with E-state index in [0.29, 0.717) is 12.8 Å². The molecule has 96 valence electrons. The van der Waals surface area contributed by atoms with E-state index < -0.39 is 18.4 Å². The Kier molecular flexibility index (Phi) is 5.29. The smallest absolute Gasteiger partial charge is 0.261 e. The molecule has 0 atom stereocenters. The van der Waals surface area contributed by atoms with Crippen molar-refractivity contribution in [2.24, 2.45) is 5.41 Å². The van der Waals surface area contributed by atoms with Crippen LogP contribution in [0.2, 0.25) is 0 Å². The van der Waals surface area contributed by atoms with Crippen LogP contribution in [0.25, 0.3) is 0 Å². The van der Waals surface area contributed by atoms with E-state index in [1.54, 1.807) is 0 Å². The van der Waals surface area contributed by atoms with Crippen LogP contribution in [0.5, 0.6) is 0 Å². The van der Waals surface area contributed by atoms with Crippen molar-refractivity contribution >= 4 is 5.91 Å². The van der Waals surface area contributed by atoms with Crippen LogP contribution in [-0.4, -0.2) is 32.1 Å². The molecule has 0 aromatic rings. The fourth-order valence-corrected chi connectivity index (χ4v) is 1.95. The van der Waals surface area contributed by atoms with E-state index in [0.717, 1.165) is 12.8 Å². The highest BCUT2D eigenvalue weighted by molar-refractivity contribution is 5.85. The first-order valence-corrected chi connectivity index (χ1v) is 5.66. The van der Waals surface area contributed by atoms with E-state index in [4.69, 9.17) is 5.26 Å². The Morgan fingerprint density at radius 1 is 1.47 bits per heavy atom. The minimum atomic E-state index is -2.49. The van der Waals surface area contributed by atoms with Gasteiger partial charge in [0, 0.05) is 6.54 Å². The van der Waals surface area contributed by atoms with Crippen LogP contribution in [0.15, 0.2) is 0 Å². The molecule has 0 aromatic carbocycles. The van der Waals surface area contributed by atoms with E-state index in [9.17, 15) is 13.6 Å². The zero-order valence-electron chi connectivity index (χ0n) is 9.55. The summed E-state index contributed by atoms with van der Waals surface area (Å²) in [5.74, 6) is -0.307. The lowest BCUT2D eigenvalue weighted by Crippen LogP contribution is -2.39. The number of rotatable bonds is 6. The highest BCUT2D eigenvalue weighted by Gasteiger charge is 2.41. The standard InChI is InChI=1S/C11H16F2N2O2/c12-9(13)7-17-6-5-15-10(16)11(8-14)3-1-2-4-11/h9H,1-7H2,(H,15,16). The summed E-state index contributed by atoms with van der Waals surface area (Å²) in [7, 11) is 0. The average Bonchev–Trinajstić information content (AvgIpc) is 2.77. The largest absolute Gasteiger partial charge is 0.374 e. The van der Waals surface area contributed by atoms with Crippen LogP contribution in [0.3, 0.4) is 0 Å². The summed E-state index contributed by atoms with van der Waals surface area (Å²) in [6, 6.07) is 2.06. The third-order valence-corrected chi connectivity index (χ3v) is 2.88. The minimum Gasteiger partial charge on any atom is -0.374 e. The summed E-state index contributed by atoms with van der Waals surface area (Å²) in [6.07, 6.45) is 0.414. The lowest BCUT2D eigenvalue weighted by molar-refractivity contribution is -0.128. The Hall–Kier alpha value is -1.22. The minimum absolute atomic E-state index is 0.0393. The molecule has 4 nitrogen and oxygen atoms in total. The fraction of sp³-hybridized carbons (Fsp3) is 0.818. The van der Waals surface area contributed by atoms with Crippen molar-refractivity contribution < 1.29 is 18.3 Å². The number of carbonyl (C=O) groups excluding carboxylic acids is 1. The molecule has 1 aliphatic carbocycles. The third kappa shape index (κ3) is 3.93. The van der Waals surface area contributed by atoms with E-state index >= 15 is 0 Å². The molecule has 0 aliphatic heterocycles. The topological polar surface area (TPSA) is 62.1 Å². The van der Waals surface area contributed by atoms with Gasteiger partial charge in [-0.3, -0.25) is 4.79 Å². The van der Waals surface area contributed by atoms with Crippen LogP contribution in [0, 0.1) is 16.7 Å². The SMILES string of the molecule is N#CC1(C(=O)NCCOCC(F)F)CCCC1. The molecule has 17 heavy (non-hydrogen) atoms. The van der Waals surface area contributed by atoms with Gasteiger partial charge in [0.2, 0.25) is 5.91 Å². The molecule has 1 N–H and O–H groups in total. The van der Waals surface area contributed by atoms with E-state index in [1.165, 1.54) is 0 Å². The molecule has 6 heteroatoms. The van der Waals surface area contributed by atoms with Gasteiger partial charge in [0.25, 0.3) is 6.43 Å². The Morgan fingerprint density at radius 3 is 2.65 bits per heavy atom. The fourth-order valence-electron chi connectivity index (χ4n) is 1.95. The molecule has 1 aliphatic rings. The van der Waals surface area contributed by atoms with Crippen LogP contribution in [0.1, 0.15) is 25.7 Å². The number of alkyl halides is 2. The predicted molar refractivity (Wildman–Crippen MR) is 56.3 cm³/mol. The van der Waals surface area contributed by atoms with Crippen LogP contribution >= 0.6 is 0 Å². The highest BCUT2D eigenvalue weighted by Crippen LogP contribution is 2.37. The predicted octanol–water partition coefficient (Wildman–Crippen LogP) is 1.47. The zero-order chi connectivity index (χ0) is 12.7. The molecule has 0 bridgehead atoms. The maximum atomic E-state index is 11.8. The number of hydrogen-bond donors (Lipinski definition) is 1. The van der Waals surface area contributed by atoms with Gasteiger partial charge in [-0.05, 0) is 12.8 Å². The maximum Gasteiger partial charge on any atom is 0.261 e. The number of halogens is 2. The monoisotopic (exact) mass is 246 g/mol.